The molecule has 0 fully saturated rings. The molecule has 0 aromatic rings. The van der Waals surface area contributed by atoms with E-state index in [4.69, 9.17) is 10.2 Å². The van der Waals surface area contributed by atoms with Gasteiger partial charge in [0, 0.05) is 0 Å². The van der Waals surface area contributed by atoms with E-state index in [0.717, 1.165) is 0 Å². The summed E-state index contributed by atoms with van der Waals surface area (Å²) in [6, 6.07) is 0. The van der Waals surface area contributed by atoms with Crippen molar-refractivity contribution in [1.82, 2.24) is 0 Å². The van der Waals surface area contributed by atoms with Crippen LogP contribution in [0.15, 0.2) is 0 Å². The first-order valence-corrected chi connectivity index (χ1v) is 3.13. The Labute approximate surface area is 57.5 Å². The average Bonchev–Trinajstić information content (AvgIpc) is 1.61. The minimum absolute atomic E-state index is 0.125. The molecule has 0 aromatic carbocycles. The van der Waals surface area contributed by atoms with Gasteiger partial charge in [-0.2, -0.15) is 0 Å². The third kappa shape index (κ3) is 328. The highest BCUT2D eigenvalue weighted by Gasteiger charge is 1.95. The maximum Gasteiger partial charge on any atom is 0.0662 e. The SMILES string of the molecule is CC(C)(C)C.OCCO. The monoisotopic (exact) mass is 134 g/mol. The van der Waals surface area contributed by atoms with E-state index in [1.807, 2.05) is 0 Å². The standard InChI is InChI=1S/C5H12.C2H6O2/c1-5(2,3)4;3-1-2-4/h1-4H3;3-4H,1-2H2. The van der Waals surface area contributed by atoms with Gasteiger partial charge in [-0.15, -0.1) is 0 Å². The highest BCUT2D eigenvalue weighted by molar-refractivity contribution is 4.47. The molecule has 0 spiro atoms. The first-order valence-electron chi connectivity index (χ1n) is 3.13. The molecule has 0 saturated carbocycles. The van der Waals surface area contributed by atoms with Gasteiger partial charge in [0.25, 0.3) is 0 Å². The maximum atomic E-state index is 7.62. The lowest BCUT2D eigenvalue weighted by Gasteiger charge is -2.05. The molecule has 2 heteroatoms. The minimum Gasteiger partial charge on any atom is -0.394 e. The lowest BCUT2D eigenvalue weighted by Crippen LogP contribution is -1.93. The zero-order valence-corrected chi connectivity index (χ0v) is 6.81. The quantitative estimate of drug-likeness (QED) is 0.562. The van der Waals surface area contributed by atoms with Crippen LogP contribution in [0.5, 0.6) is 0 Å². The van der Waals surface area contributed by atoms with Crippen LogP contribution in [-0.2, 0) is 0 Å². The number of aliphatic hydroxyl groups excluding tert-OH is 2. The molecular weight excluding hydrogens is 116 g/mol. The van der Waals surface area contributed by atoms with E-state index in [-0.39, 0.29) is 13.2 Å². The van der Waals surface area contributed by atoms with E-state index >= 15 is 0 Å². The van der Waals surface area contributed by atoms with Gasteiger partial charge in [0.05, 0.1) is 13.2 Å². The molecule has 0 unspecified atom stereocenters. The first-order chi connectivity index (χ1) is 3.91. The Morgan fingerprint density at radius 1 is 0.889 bits per heavy atom. The molecule has 0 aliphatic rings. The van der Waals surface area contributed by atoms with Crippen LogP contribution in [0.3, 0.4) is 0 Å². The summed E-state index contributed by atoms with van der Waals surface area (Å²) < 4.78 is 0. The van der Waals surface area contributed by atoms with Crippen LogP contribution in [0.2, 0.25) is 0 Å². The predicted molar refractivity (Wildman–Crippen MR) is 39.3 cm³/mol. The van der Waals surface area contributed by atoms with Crippen LogP contribution >= 0.6 is 0 Å². The van der Waals surface area contributed by atoms with Crippen LogP contribution < -0.4 is 0 Å². The average molecular weight is 134 g/mol. The smallest absolute Gasteiger partial charge is 0.0662 e. The first kappa shape index (κ1) is 11.7. The Hall–Kier alpha value is -0.0800. The zero-order chi connectivity index (χ0) is 7.91. The van der Waals surface area contributed by atoms with Gasteiger partial charge >= 0.3 is 0 Å². The second kappa shape index (κ2) is 6.05. The zero-order valence-electron chi connectivity index (χ0n) is 6.81. The van der Waals surface area contributed by atoms with Crippen LogP contribution in [0.1, 0.15) is 27.7 Å². The lowest BCUT2D eigenvalue weighted by atomic mass is 10.0. The summed E-state index contributed by atoms with van der Waals surface area (Å²) in [6.45, 7) is 8.50. The normalized spacial score (nSPS) is 10.0. The van der Waals surface area contributed by atoms with Gasteiger partial charge in [-0.05, 0) is 5.41 Å². The highest BCUT2D eigenvalue weighted by atomic mass is 16.3. The fourth-order valence-electron chi connectivity index (χ4n) is 0. The van der Waals surface area contributed by atoms with E-state index in [0.29, 0.717) is 5.41 Å². The van der Waals surface area contributed by atoms with Crippen molar-refractivity contribution >= 4 is 0 Å². The number of hydrogen-bond donors (Lipinski definition) is 2. The van der Waals surface area contributed by atoms with Crippen LogP contribution in [0.4, 0.5) is 0 Å². The van der Waals surface area contributed by atoms with Crippen LogP contribution in [0.25, 0.3) is 0 Å². The molecule has 0 amide bonds. The predicted octanol–water partition coefficient (Wildman–Crippen LogP) is 1.02. The molecule has 0 radical (unpaired) electrons. The molecule has 2 nitrogen and oxygen atoms in total. The second-order valence-electron chi connectivity index (χ2n) is 3.45. The molecule has 9 heavy (non-hydrogen) atoms. The van der Waals surface area contributed by atoms with Crippen molar-refractivity contribution in [2.75, 3.05) is 13.2 Å². The van der Waals surface area contributed by atoms with Crippen LogP contribution in [0, 0.1) is 5.41 Å². The van der Waals surface area contributed by atoms with Crippen molar-refractivity contribution in [3.63, 3.8) is 0 Å². The Bertz CT molecular complexity index is 37.4. The lowest BCUT2D eigenvalue weighted by molar-refractivity contribution is 0.186. The van der Waals surface area contributed by atoms with Crippen molar-refractivity contribution in [3.05, 3.63) is 0 Å². The van der Waals surface area contributed by atoms with Gasteiger partial charge in [-0.3, -0.25) is 0 Å². The number of rotatable bonds is 1. The van der Waals surface area contributed by atoms with Gasteiger partial charge in [0.2, 0.25) is 0 Å². The summed E-state index contributed by atoms with van der Waals surface area (Å²) in [5.41, 5.74) is 0.500. The van der Waals surface area contributed by atoms with Crippen LogP contribution in [-0.4, -0.2) is 23.4 Å². The van der Waals surface area contributed by atoms with Gasteiger partial charge < -0.3 is 10.2 Å². The molecule has 0 bridgehead atoms. The highest BCUT2D eigenvalue weighted by Crippen LogP contribution is 2.07. The van der Waals surface area contributed by atoms with Gasteiger partial charge in [-0.1, -0.05) is 27.7 Å². The maximum absolute atomic E-state index is 7.62. The fourth-order valence-corrected chi connectivity index (χ4v) is 0. The van der Waals surface area contributed by atoms with E-state index < -0.39 is 0 Å². The molecular formula is C7H18O2. The van der Waals surface area contributed by atoms with Crippen molar-refractivity contribution in [2.45, 2.75) is 27.7 Å². The van der Waals surface area contributed by atoms with Crippen molar-refractivity contribution in [3.8, 4) is 0 Å². The molecule has 2 N–H and O–H groups in total. The van der Waals surface area contributed by atoms with Gasteiger partial charge in [-0.25, -0.2) is 0 Å². The largest absolute Gasteiger partial charge is 0.394 e. The van der Waals surface area contributed by atoms with Gasteiger partial charge in [0.15, 0.2) is 0 Å². The second-order valence-corrected chi connectivity index (χ2v) is 3.45. The van der Waals surface area contributed by atoms with Crippen molar-refractivity contribution in [2.24, 2.45) is 5.41 Å². The van der Waals surface area contributed by atoms with Gasteiger partial charge in [0.1, 0.15) is 0 Å². The summed E-state index contributed by atoms with van der Waals surface area (Å²) in [6.07, 6.45) is 0. The summed E-state index contributed by atoms with van der Waals surface area (Å²) in [5.74, 6) is 0. The summed E-state index contributed by atoms with van der Waals surface area (Å²) in [4.78, 5) is 0. The molecule has 0 aromatic heterocycles. The number of hydrogen-bond acceptors (Lipinski definition) is 2. The topological polar surface area (TPSA) is 40.5 Å². The molecule has 0 rings (SSSR count). The molecule has 58 valence electrons. The third-order valence-corrected chi connectivity index (χ3v) is 0.1000. The molecule has 0 aliphatic heterocycles. The summed E-state index contributed by atoms with van der Waals surface area (Å²) >= 11 is 0. The summed E-state index contributed by atoms with van der Waals surface area (Å²) in [7, 11) is 0. The Balaban J connectivity index is 0. The molecule has 0 aliphatic carbocycles. The molecule has 0 heterocycles. The fraction of sp³-hybridized carbons (Fsp3) is 1.00. The Morgan fingerprint density at radius 3 is 1.00 bits per heavy atom. The van der Waals surface area contributed by atoms with E-state index in [9.17, 15) is 0 Å². The van der Waals surface area contributed by atoms with E-state index in [1.54, 1.807) is 0 Å². The third-order valence-electron chi connectivity index (χ3n) is 0.1000. The Kier molecular flexibility index (Phi) is 7.85. The van der Waals surface area contributed by atoms with E-state index in [2.05, 4.69) is 27.7 Å². The summed E-state index contributed by atoms with van der Waals surface area (Å²) in [5, 5.41) is 15.2. The van der Waals surface area contributed by atoms with Crippen molar-refractivity contribution in [1.29, 1.82) is 0 Å². The van der Waals surface area contributed by atoms with Crippen molar-refractivity contribution < 1.29 is 10.2 Å². The molecule has 0 atom stereocenters. The number of aliphatic hydroxyl groups is 2. The van der Waals surface area contributed by atoms with E-state index in [1.165, 1.54) is 0 Å². The minimum atomic E-state index is -0.125. The molecule has 0 saturated heterocycles. The Morgan fingerprint density at radius 2 is 1.00 bits per heavy atom.